The van der Waals surface area contributed by atoms with Crippen molar-refractivity contribution in [3.63, 3.8) is 0 Å². The Hall–Kier alpha value is -0.580. The second-order valence-electron chi connectivity index (χ2n) is 4.80. The van der Waals surface area contributed by atoms with Gasteiger partial charge >= 0.3 is 0 Å². The first-order valence-electron chi connectivity index (χ1n) is 6.43. The fourth-order valence-electron chi connectivity index (χ4n) is 2.12. The highest BCUT2D eigenvalue weighted by Gasteiger charge is 2.17. The maximum Gasteiger partial charge on any atom is 0.224 e. The highest BCUT2D eigenvalue weighted by Crippen LogP contribution is 2.29. The summed E-state index contributed by atoms with van der Waals surface area (Å²) in [6.45, 7) is 2.75. The summed E-state index contributed by atoms with van der Waals surface area (Å²) in [7, 11) is 0. The molecule has 0 radical (unpaired) electrons. The van der Waals surface area contributed by atoms with Crippen molar-refractivity contribution in [2.75, 3.05) is 11.9 Å². The van der Waals surface area contributed by atoms with E-state index in [4.69, 9.17) is 16.3 Å². The summed E-state index contributed by atoms with van der Waals surface area (Å²) in [6, 6.07) is 3.67. The summed E-state index contributed by atoms with van der Waals surface area (Å²) in [5.41, 5.74) is 1.69. The molecule has 1 heterocycles. The molecule has 0 aromatic heterocycles. The van der Waals surface area contributed by atoms with Crippen molar-refractivity contribution in [1.29, 1.82) is 0 Å². The zero-order chi connectivity index (χ0) is 13.8. The largest absolute Gasteiger partial charge is 0.378 e. The van der Waals surface area contributed by atoms with Crippen LogP contribution in [0.4, 0.5) is 5.69 Å². The molecule has 0 saturated carbocycles. The van der Waals surface area contributed by atoms with E-state index in [-0.39, 0.29) is 12.0 Å². The lowest BCUT2D eigenvalue weighted by molar-refractivity contribution is -0.116. The predicted octanol–water partition coefficient (Wildman–Crippen LogP) is 4.31. The van der Waals surface area contributed by atoms with E-state index in [0.717, 1.165) is 35.9 Å². The van der Waals surface area contributed by atoms with Crippen molar-refractivity contribution < 1.29 is 9.53 Å². The van der Waals surface area contributed by atoms with E-state index in [9.17, 15) is 4.79 Å². The van der Waals surface area contributed by atoms with Crippen molar-refractivity contribution >= 4 is 39.1 Å². The molecular formula is C14H17BrClNO2. The summed E-state index contributed by atoms with van der Waals surface area (Å²) < 4.78 is 6.35. The lowest BCUT2D eigenvalue weighted by Crippen LogP contribution is -2.15. The van der Waals surface area contributed by atoms with Gasteiger partial charge in [0.05, 0.1) is 11.8 Å². The van der Waals surface area contributed by atoms with Gasteiger partial charge in [0.2, 0.25) is 5.91 Å². The van der Waals surface area contributed by atoms with Crippen LogP contribution in [-0.4, -0.2) is 18.6 Å². The van der Waals surface area contributed by atoms with Gasteiger partial charge < -0.3 is 10.1 Å². The molecule has 19 heavy (non-hydrogen) atoms. The average Bonchev–Trinajstić information content (AvgIpc) is 2.86. The van der Waals surface area contributed by atoms with Crippen LogP contribution in [-0.2, 0) is 9.53 Å². The molecule has 2 rings (SSSR count). The highest BCUT2D eigenvalue weighted by atomic mass is 79.9. The van der Waals surface area contributed by atoms with E-state index in [1.807, 2.05) is 13.0 Å². The van der Waals surface area contributed by atoms with Crippen molar-refractivity contribution in [1.82, 2.24) is 0 Å². The van der Waals surface area contributed by atoms with E-state index in [1.165, 1.54) is 0 Å². The second-order valence-corrected chi connectivity index (χ2v) is 6.06. The Morgan fingerprint density at radius 2 is 2.37 bits per heavy atom. The van der Waals surface area contributed by atoms with Crippen LogP contribution >= 0.6 is 27.5 Å². The predicted molar refractivity (Wildman–Crippen MR) is 80.7 cm³/mol. The maximum atomic E-state index is 11.9. The summed E-state index contributed by atoms with van der Waals surface area (Å²) in [6.07, 6.45) is 3.67. The van der Waals surface area contributed by atoms with Gasteiger partial charge in [-0.25, -0.2) is 0 Å². The van der Waals surface area contributed by atoms with Crippen molar-refractivity contribution in [2.24, 2.45) is 0 Å². The molecule has 5 heteroatoms. The fraction of sp³-hybridized carbons (Fsp3) is 0.500. The minimum absolute atomic E-state index is 0.00359. The first kappa shape index (κ1) is 14.8. The summed E-state index contributed by atoms with van der Waals surface area (Å²) in [5.74, 6) is -0.00359. The van der Waals surface area contributed by atoms with Crippen LogP contribution in [0.5, 0.6) is 0 Å². The standard InChI is InChI=1S/C14H17BrClNO2/c1-9-7-11(15)13(8-12(9)16)17-14(18)5-4-10-3-2-6-19-10/h7-8,10H,2-6H2,1H3,(H,17,18). The molecule has 104 valence electrons. The van der Waals surface area contributed by atoms with E-state index in [2.05, 4.69) is 21.2 Å². The first-order valence-corrected chi connectivity index (χ1v) is 7.60. The molecule has 0 spiro atoms. The van der Waals surface area contributed by atoms with Crippen molar-refractivity contribution in [3.05, 3.63) is 27.2 Å². The number of rotatable bonds is 4. The third-order valence-corrected chi connectivity index (χ3v) is 4.30. The van der Waals surface area contributed by atoms with Crippen molar-refractivity contribution in [2.45, 2.75) is 38.7 Å². The molecule has 1 aromatic carbocycles. The van der Waals surface area contributed by atoms with Crippen LogP contribution in [0.3, 0.4) is 0 Å². The molecule has 1 amide bonds. The van der Waals surface area contributed by atoms with E-state index >= 15 is 0 Å². The Balaban J connectivity index is 1.89. The summed E-state index contributed by atoms with van der Waals surface area (Å²) in [5, 5.41) is 3.53. The molecule has 1 N–H and O–H groups in total. The Morgan fingerprint density at radius 3 is 3.05 bits per heavy atom. The zero-order valence-electron chi connectivity index (χ0n) is 10.8. The van der Waals surface area contributed by atoms with Gasteiger partial charge in [0, 0.05) is 22.5 Å². The minimum Gasteiger partial charge on any atom is -0.378 e. The second kappa shape index (κ2) is 6.73. The lowest BCUT2D eigenvalue weighted by atomic mass is 10.1. The summed E-state index contributed by atoms with van der Waals surface area (Å²) >= 11 is 9.49. The number of hydrogen-bond donors (Lipinski definition) is 1. The normalized spacial score (nSPS) is 18.6. The molecule has 1 saturated heterocycles. The molecular weight excluding hydrogens is 330 g/mol. The number of hydrogen-bond acceptors (Lipinski definition) is 2. The molecule has 1 atom stereocenters. The Labute approximate surface area is 126 Å². The third kappa shape index (κ3) is 4.20. The SMILES string of the molecule is Cc1cc(Br)c(NC(=O)CCC2CCCO2)cc1Cl. The van der Waals surface area contributed by atoms with E-state index < -0.39 is 0 Å². The van der Waals surface area contributed by atoms with Crippen LogP contribution in [0.2, 0.25) is 5.02 Å². The number of carbonyl (C=O) groups is 1. The van der Waals surface area contributed by atoms with Gasteiger partial charge in [-0.2, -0.15) is 0 Å². The van der Waals surface area contributed by atoms with Gasteiger partial charge in [0.25, 0.3) is 0 Å². The molecule has 3 nitrogen and oxygen atoms in total. The quantitative estimate of drug-likeness (QED) is 0.882. The zero-order valence-corrected chi connectivity index (χ0v) is 13.2. The molecule has 1 unspecified atom stereocenters. The Morgan fingerprint density at radius 1 is 1.58 bits per heavy atom. The minimum atomic E-state index is -0.00359. The molecule has 1 aromatic rings. The van der Waals surface area contributed by atoms with Gasteiger partial charge in [-0.1, -0.05) is 11.6 Å². The van der Waals surface area contributed by atoms with Gasteiger partial charge in [-0.15, -0.1) is 0 Å². The van der Waals surface area contributed by atoms with Gasteiger partial charge in [0.15, 0.2) is 0 Å². The van der Waals surface area contributed by atoms with Crippen LogP contribution in [0.25, 0.3) is 0 Å². The molecule has 1 aliphatic heterocycles. The summed E-state index contributed by atoms with van der Waals surface area (Å²) in [4.78, 5) is 11.9. The molecule has 1 aliphatic rings. The monoisotopic (exact) mass is 345 g/mol. The Kier molecular flexibility index (Phi) is 5.25. The van der Waals surface area contributed by atoms with Gasteiger partial charge in [0.1, 0.15) is 0 Å². The first-order chi connectivity index (χ1) is 9.06. The van der Waals surface area contributed by atoms with E-state index in [0.29, 0.717) is 17.1 Å². The number of benzene rings is 1. The molecule has 0 bridgehead atoms. The van der Waals surface area contributed by atoms with E-state index in [1.54, 1.807) is 6.07 Å². The number of aryl methyl sites for hydroxylation is 1. The van der Waals surface area contributed by atoms with Crippen LogP contribution in [0.15, 0.2) is 16.6 Å². The smallest absolute Gasteiger partial charge is 0.224 e. The highest BCUT2D eigenvalue weighted by molar-refractivity contribution is 9.10. The van der Waals surface area contributed by atoms with Gasteiger partial charge in [-0.05, 0) is 59.8 Å². The van der Waals surface area contributed by atoms with Crippen LogP contribution < -0.4 is 5.32 Å². The number of nitrogens with one attached hydrogen (secondary N) is 1. The van der Waals surface area contributed by atoms with Crippen LogP contribution in [0, 0.1) is 6.92 Å². The maximum absolute atomic E-state index is 11.9. The van der Waals surface area contributed by atoms with Crippen LogP contribution in [0.1, 0.15) is 31.2 Å². The van der Waals surface area contributed by atoms with Crippen molar-refractivity contribution in [3.8, 4) is 0 Å². The van der Waals surface area contributed by atoms with Gasteiger partial charge in [-0.3, -0.25) is 4.79 Å². The molecule has 1 fully saturated rings. The number of halogens is 2. The number of anilines is 1. The topological polar surface area (TPSA) is 38.3 Å². The number of ether oxygens (including phenoxy) is 1. The Bertz CT molecular complexity index is 473. The number of carbonyl (C=O) groups excluding carboxylic acids is 1. The number of amides is 1. The average molecular weight is 347 g/mol. The lowest BCUT2D eigenvalue weighted by Gasteiger charge is -2.11. The fourth-order valence-corrected chi connectivity index (χ4v) is 2.84. The molecule has 0 aliphatic carbocycles. The third-order valence-electron chi connectivity index (χ3n) is 3.24.